The average Bonchev–Trinajstić information content (AvgIpc) is 2.64. The highest BCUT2D eigenvalue weighted by molar-refractivity contribution is 9.26. The van der Waals surface area contributed by atoms with Crippen LogP contribution in [0, 0.1) is 6.92 Å². The third-order valence-corrected chi connectivity index (χ3v) is 7.33. The molecule has 1 aliphatic heterocycles. The second-order valence-electron chi connectivity index (χ2n) is 5.69. The molecule has 2 aromatic rings. The van der Waals surface area contributed by atoms with E-state index in [-0.39, 0.29) is 17.2 Å². The third-order valence-electron chi connectivity index (χ3n) is 3.99. The predicted octanol–water partition coefficient (Wildman–Crippen LogP) is 4.26. The van der Waals surface area contributed by atoms with Gasteiger partial charge in [0, 0.05) is 12.1 Å². The Bertz CT molecular complexity index is 892. The van der Waals surface area contributed by atoms with Crippen molar-refractivity contribution >= 4 is 53.4 Å². The molecule has 24 heavy (non-hydrogen) atoms. The zero-order chi connectivity index (χ0) is 17.5. The summed E-state index contributed by atoms with van der Waals surface area (Å²) in [6.45, 7) is 2.09. The average molecular weight is 473 g/mol. The molecule has 0 aliphatic carbocycles. The molecular weight excluding hydrogens is 458 g/mol. The quantitative estimate of drug-likeness (QED) is 0.613. The Morgan fingerprint density at radius 3 is 2.33 bits per heavy atom. The number of Topliss-reactive ketones (excluding diaryl/α,β-unsaturated/α-hetero) is 1. The number of rotatable bonds is 2. The summed E-state index contributed by atoms with van der Waals surface area (Å²) in [5.74, 6) is -0.181. The van der Waals surface area contributed by atoms with Gasteiger partial charge >= 0.3 is 0 Å². The van der Waals surface area contributed by atoms with Crippen LogP contribution in [0.2, 0.25) is 0 Å². The molecule has 126 valence electrons. The molecule has 0 saturated carbocycles. The van der Waals surface area contributed by atoms with Crippen molar-refractivity contribution in [1.29, 1.82) is 0 Å². The number of halogens is 2. The van der Waals surface area contributed by atoms with Crippen LogP contribution >= 0.6 is 31.9 Å². The molecule has 0 amide bonds. The third kappa shape index (κ3) is 3.05. The van der Waals surface area contributed by atoms with Crippen molar-refractivity contribution < 1.29 is 13.2 Å². The Labute approximate surface area is 158 Å². The fourth-order valence-electron chi connectivity index (χ4n) is 2.64. The Morgan fingerprint density at radius 1 is 1.04 bits per heavy atom. The fraction of sp³-hybridized carbons (Fsp3) is 0.235. The summed E-state index contributed by atoms with van der Waals surface area (Å²) in [5.41, 5.74) is 1.77. The zero-order valence-electron chi connectivity index (χ0n) is 12.9. The lowest BCUT2D eigenvalue weighted by molar-refractivity contribution is 0.0983. The van der Waals surface area contributed by atoms with E-state index in [0.717, 1.165) is 5.56 Å². The Balaban J connectivity index is 2.16. The number of benzene rings is 2. The molecule has 0 saturated heterocycles. The monoisotopic (exact) mass is 471 g/mol. The molecule has 0 fully saturated rings. The van der Waals surface area contributed by atoms with Crippen molar-refractivity contribution in [3.8, 4) is 0 Å². The summed E-state index contributed by atoms with van der Waals surface area (Å²) in [6, 6.07) is 13.5. The number of aryl methyl sites for hydroxylation is 1. The lowest BCUT2D eigenvalue weighted by Gasteiger charge is -2.24. The number of carbonyl (C=O) groups excluding carboxylic acids is 1. The van der Waals surface area contributed by atoms with Gasteiger partial charge in [0.2, 0.25) is 0 Å². The highest BCUT2D eigenvalue weighted by Gasteiger charge is 2.41. The fourth-order valence-corrected chi connectivity index (χ4v) is 4.91. The van der Waals surface area contributed by atoms with Crippen LogP contribution < -0.4 is 4.31 Å². The SMILES string of the molecule is Cc1ccc(S(=O)(=O)N2CCC(Br)(Br)C(=O)c3ccccc32)cc1. The van der Waals surface area contributed by atoms with E-state index in [4.69, 9.17) is 0 Å². The van der Waals surface area contributed by atoms with Gasteiger partial charge in [-0.1, -0.05) is 61.7 Å². The molecule has 1 heterocycles. The number of nitrogens with zero attached hydrogens (tertiary/aromatic N) is 1. The maximum absolute atomic E-state index is 13.1. The van der Waals surface area contributed by atoms with Crippen molar-refractivity contribution in [3.05, 3.63) is 59.7 Å². The molecule has 0 N–H and O–H groups in total. The summed E-state index contributed by atoms with van der Waals surface area (Å²) in [4.78, 5) is 12.9. The second-order valence-corrected chi connectivity index (χ2v) is 11.3. The van der Waals surface area contributed by atoms with Crippen molar-refractivity contribution in [1.82, 2.24) is 0 Å². The van der Waals surface area contributed by atoms with Gasteiger partial charge in [-0.25, -0.2) is 8.42 Å². The highest BCUT2D eigenvalue weighted by Crippen LogP contribution is 2.41. The first-order valence-corrected chi connectivity index (χ1v) is 10.4. The molecule has 0 unspecified atom stereocenters. The van der Waals surface area contributed by atoms with Crippen molar-refractivity contribution in [2.24, 2.45) is 0 Å². The normalized spacial score (nSPS) is 17.3. The van der Waals surface area contributed by atoms with Gasteiger partial charge < -0.3 is 0 Å². The van der Waals surface area contributed by atoms with E-state index < -0.39 is 13.3 Å². The number of para-hydroxylation sites is 1. The van der Waals surface area contributed by atoms with Crippen LogP contribution in [0.1, 0.15) is 22.3 Å². The van der Waals surface area contributed by atoms with Gasteiger partial charge in [0.15, 0.2) is 5.78 Å². The van der Waals surface area contributed by atoms with Crippen LogP contribution in [0.15, 0.2) is 53.4 Å². The van der Waals surface area contributed by atoms with Gasteiger partial charge in [-0.05, 0) is 37.6 Å². The number of anilines is 1. The summed E-state index contributed by atoms with van der Waals surface area (Å²) in [6.07, 6.45) is 0.311. The van der Waals surface area contributed by atoms with Crippen LogP contribution in [0.3, 0.4) is 0 Å². The summed E-state index contributed by atoms with van der Waals surface area (Å²) in [5, 5.41) is 0. The van der Waals surface area contributed by atoms with Gasteiger partial charge in [0.1, 0.15) is 3.23 Å². The predicted molar refractivity (Wildman–Crippen MR) is 102 cm³/mol. The molecule has 3 rings (SSSR count). The first-order valence-electron chi connectivity index (χ1n) is 7.34. The van der Waals surface area contributed by atoms with E-state index in [9.17, 15) is 13.2 Å². The first kappa shape index (κ1) is 17.6. The van der Waals surface area contributed by atoms with Gasteiger partial charge in [-0.2, -0.15) is 0 Å². The van der Waals surface area contributed by atoms with Crippen molar-refractivity contribution in [2.75, 3.05) is 10.8 Å². The maximum Gasteiger partial charge on any atom is 0.264 e. The Kier molecular flexibility index (Phi) is 4.61. The van der Waals surface area contributed by atoms with E-state index in [0.29, 0.717) is 17.7 Å². The number of hydrogen-bond acceptors (Lipinski definition) is 3. The van der Waals surface area contributed by atoms with Crippen LogP contribution in [0.25, 0.3) is 0 Å². The maximum atomic E-state index is 13.1. The molecule has 0 aromatic heterocycles. The minimum absolute atomic E-state index is 0.181. The first-order chi connectivity index (χ1) is 11.2. The van der Waals surface area contributed by atoms with Crippen LogP contribution in [-0.2, 0) is 10.0 Å². The van der Waals surface area contributed by atoms with E-state index in [1.807, 2.05) is 6.92 Å². The van der Waals surface area contributed by atoms with E-state index in [2.05, 4.69) is 31.9 Å². The topological polar surface area (TPSA) is 54.5 Å². The van der Waals surface area contributed by atoms with Crippen LogP contribution in [-0.4, -0.2) is 24.0 Å². The van der Waals surface area contributed by atoms with Crippen LogP contribution in [0.5, 0.6) is 0 Å². The number of carbonyl (C=O) groups is 1. The van der Waals surface area contributed by atoms with Gasteiger partial charge in [0.05, 0.1) is 10.6 Å². The van der Waals surface area contributed by atoms with Gasteiger partial charge in [0.25, 0.3) is 10.0 Å². The number of alkyl halides is 2. The zero-order valence-corrected chi connectivity index (χ0v) is 16.9. The van der Waals surface area contributed by atoms with E-state index in [1.54, 1.807) is 48.5 Å². The Hall–Kier alpha value is -1.18. The molecule has 0 spiro atoms. The summed E-state index contributed by atoms with van der Waals surface area (Å²) < 4.78 is 26.6. The number of sulfonamides is 1. The molecule has 1 aliphatic rings. The molecular formula is C17H15Br2NO3S. The number of hydrogen-bond donors (Lipinski definition) is 0. The number of fused-ring (bicyclic) bond motifs is 1. The van der Waals surface area contributed by atoms with Crippen molar-refractivity contribution in [2.45, 2.75) is 21.5 Å². The summed E-state index contributed by atoms with van der Waals surface area (Å²) in [7, 11) is -3.75. The van der Waals surface area contributed by atoms with Crippen molar-refractivity contribution in [3.63, 3.8) is 0 Å². The minimum atomic E-state index is -3.75. The Morgan fingerprint density at radius 2 is 1.67 bits per heavy atom. The van der Waals surface area contributed by atoms with E-state index >= 15 is 0 Å². The molecule has 0 bridgehead atoms. The standard InChI is InChI=1S/C17H15Br2NO3S/c1-12-6-8-13(9-7-12)24(22,23)20-11-10-17(18,19)16(21)14-4-2-3-5-15(14)20/h2-9H,10-11H2,1H3. The molecule has 2 aromatic carbocycles. The molecule has 0 radical (unpaired) electrons. The lowest BCUT2D eigenvalue weighted by atomic mass is 10.1. The van der Waals surface area contributed by atoms with E-state index in [1.165, 1.54) is 4.31 Å². The minimum Gasteiger partial charge on any atom is -0.292 e. The lowest BCUT2D eigenvalue weighted by Crippen LogP contribution is -2.33. The number of ketones is 1. The van der Waals surface area contributed by atoms with Gasteiger partial charge in [-0.15, -0.1) is 0 Å². The molecule has 7 heteroatoms. The van der Waals surface area contributed by atoms with Gasteiger partial charge in [-0.3, -0.25) is 9.10 Å². The molecule has 0 atom stereocenters. The smallest absolute Gasteiger partial charge is 0.264 e. The highest BCUT2D eigenvalue weighted by atomic mass is 79.9. The van der Waals surface area contributed by atoms with Crippen LogP contribution in [0.4, 0.5) is 5.69 Å². The summed E-state index contributed by atoms with van der Waals surface area (Å²) >= 11 is 6.77. The molecule has 4 nitrogen and oxygen atoms in total. The largest absolute Gasteiger partial charge is 0.292 e. The second kappa shape index (κ2) is 6.28.